The first kappa shape index (κ1) is 17.2. The maximum Gasteiger partial charge on any atom is 0.279 e. The average Bonchev–Trinajstić information content (AvgIpc) is 3.07. The van der Waals surface area contributed by atoms with Gasteiger partial charge in [-0.3, -0.25) is 4.79 Å². The lowest BCUT2D eigenvalue weighted by Gasteiger charge is -2.30. The van der Waals surface area contributed by atoms with Crippen molar-refractivity contribution in [1.82, 2.24) is 0 Å². The SMILES string of the molecule is CCc1cccc(CC)c1NC(=O)C[NH+]1CCc2sccc2[C@@H]1C. The molecule has 2 heterocycles. The Balaban J connectivity index is 1.71. The van der Waals surface area contributed by atoms with Crippen molar-refractivity contribution in [1.29, 1.82) is 0 Å². The van der Waals surface area contributed by atoms with Crippen LogP contribution in [-0.4, -0.2) is 19.0 Å². The number of quaternary nitrogens is 1. The van der Waals surface area contributed by atoms with Gasteiger partial charge in [0, 0.05) is 22.5 Å². The molecule has 1 unspecified atom stereocenters. The first-order valence-corrected chi connectivity index (χ1v) is 9.83. The minimum atomic E-state index is 0.131. The molecule has 0 fully saturated rings. The maximum absolute atomic E-state index is 12.7. The molecule has 3 nitrogen and oxygen atoms in total. The van der Waals surface area contributed by atoms with E-state index < -0.39 is 0 Å². The predicted octanol–water partition coefficient (Wildman–Crippen LogP) is 3.01. The minimum Gasteiger partial charge on any atom is -0.321 e. The highest BCUT2D eigenvalue weighted by Crippen LogP contribution is 2.25. The molecule has 0 saturated carbocycles. The molecule has 2 N–H and O–H groups in total. The number of aryl methyl sites for hydroxylation is 2. The molecule has 1 aliphatic heterocycles. The van der Waals surface area contributed by atoms with Crippen LogP contribution in [0.5, 0.6) is 0 Å². The summed E-state index contributed by atoms with van der Waals surface area (Å²) in [5.41, 5.74) is 4.92. The number of nitrogens with one attached hydrogen (secondary N) is 2. The number of para-hydroxylation sites is 1. The van der Waals surface area contributed by atoms with Crippen LogP contribution in [-0.2, 0) is 24.1 Å². The Labute approximate surface area is 148 Å². The van der Waals surface area contributed by atoms with Gasteiger partial charge >= 0.3 is 0 Å². The number of amides is 1. The van der Waals surface area contributed by atoms with Gasteiger partial charge in [-0.2, -0.15) is 0 Å². The van der Waals surface area contributed by atoms with Crippen molar-refractivity contribution >= 4 is 22.9 Å². The minimum absolute atomic E-state index is 0.131. The number of fused-ring (bicyclic) bond motifs is 1. The first-order chi connectivity index (χ1) is 11.6. The lowest BCUT2D eigenvalue weighted by Crippen LogP contribution is -3.14. The number of thiophene rings is 1. The summed E-state index contributed by atoms with van der Waals surface area (Å²) in [6.45, 7) is 8.10. The quantitative estimate of drug-likeness (QED) is 0.860. The topological polar surface area (TPSA) is 33.5 Å². The molecular weight excluding hydrogens is 316 g/mol. The lowest BCUT2D eigenvalue weighted by molar-refractivity contribution is -0.923. The Morgan fingerprint density at radius 3 is 2.62 bits per heavy atom. The van der Waals surface area contributed by atoms with E-state index >= 15 is 0 Å². The Kier molecular flexibility index (Phi) is 5.36. The van der Waals surface area contributed by atoms with Gasteiger partial charge in [0.15, 0.2) is 6.54 Å². The van der Waals surface area contributed by atoms with E-state index in [1.54, 1.807) is 0 Å². The van der Waals surface area contributed by atoms with Gasteiger partial charge in [-0.05, 0) is 42.3 Å². The molecule has 128 valence electrons. The Hall–Kier alpha value is -1.65. The van der Waals surface area contributed by atoms with Crippen molar-refractivity contribution < 1.29 is 9.69 Å². The van der Waals surface area contributed by atoms with E-state index in [4.69, 9.17) is 0 Å². The molecule has 0 aliphatic carbocycles. The summed E-state index contributed by atoms with van der Waals surface area (Å²) in [7, 11) is 0. The van der Waals surface area contributed by atoms with Crippen molar-refractivity contribution in [2.75, 3.05) is 18.4 Å². The van der Waals surface area contributed by atoms with E-state index in [0.29, 0.717) is 12.6 Å². The lowest BCUT2D eigenvalue weighted by atomic mass is 10.0. The number of anilines is 1. The molecule has 1 amide bonds. The summed E-state index contributed by atoms with van der Waals surface area (Å²) in [6, 6.07) is 8.94. The van der Waals surface area contributed by atoms with Crippen LogP contribution in [0.2, 0.25) is 0 Å². The number of hydrogen-bond donors (Lipinski definition) is 2. The fourth-order valence-electron chi connectivity index (χ4n) is 3.68. The standard InChI is InChI=1S/C20H26N2OS/c1-4-15-7-6-8-16(5-2)20(15)21-19(23)13-22-11-9-18-17(14(22)3)10-12-24-18/h6-8,10,12,14H,4-5,9,11,13H2,1-3H3,(H,21,23)/p+1/t14-/m0/s1. The Bertz CT molecular complexity index is 700. The van der Waals surface area contributed by atoms with Gasteiger partial charge in [0.2, 0.25) is 0 Å². The fraction of sp³-hybridized carbons (Fsp3) is 0.450. The monoisotopic (exact) mass is 343 g/mol. The van der Waals surface area contributed by atoms with E-state index in [1.165, 1.54) is 26.5 Å². The van der Waals surface area contributed by atoms with Gasteiger partial charge in [-0.1, -0.05) is 32.0 Å². The van der Waals surface area contributed by atoms with Gasteiger partial charge in [0.1, 0.15) is 6.04 Å². The van der Waals surface area contributed by atoms with Crippen LogP contribution in [0.1, 0.15) is 48.4 Å². The highest BCUT2D eigenvalue weighted by atomic mass is 32.1. The van der Waals surface area contributed by atoms with Gasteiger partial charge in [0.25, 0.3) is 5.91 Å². The van der Waals surface area contributed by atoms with E-state index in [2.05, 4.69) is 55.7 Å². The highest BCUT2D eigenvalue weighted by molar-refractivity contribution is 7.10. The molecule has 1 aromatic carbocycles. The Morgan fingerprint density at radius 1 is 1.25 bits per heavy atom. The number of carbonyl (C=O) groups excluding carboxylic acids is 1. The van der Waals surface area contributed by atoms with Gasteiger partial charge < -0.3 is 10.2 Å². The second kappa shape index (κ2) is 7.49. The summed E-state index contributed by atoms with van der Waals surface area (Å²) in [4.78, 5) is 15.5. The molecule has 4 heteroatoms. The summed E-state index contributed by atoms with van der Waals surface area (Å²) in [5.74, 6) is 0.131. The van der Waals surface area contributed by atoms with Crippen molar-refractivity contribution in [2.24, 2.45) is 0 Å². The van der Waals surface area contributed by atoms with Crippen LogP contribution >= 0.6 is 11.3 Å². The number of rotatable bonds is 5. The van der Waals surface area contributed by atoms with Crippen LogP contribution in [0.4, 0.5) is 5.69 Å². The third-order valence-corrected chi connectivity index (χ3v) is 6.18. The van der Waals surface area contributed by atoms with Crippen molar-refractivity contribution in [3.05, 3.63) is 51.2 Å². The van der Waals surface area contributed by atoms with Crippen LogP contribution in [0, 0.1) is 0 Å². The van der Waals surface area contributed by atoms with E-state index in [0.717, 1.165) is 31.5 Å². The highest BCUT2D eigenvalue weighted by Gasteiger charge is 2.29. The normalized spacial score (nSPS) is 19.8. The summed E-state index contributed by atoms with van der Waals surface area (Å²) < 4.78 is 0. The molecule has 0 saturated heterocycles. The summed E-state index contributed by atoms with van der Waals surface area (Å²) >= 11 is 1.85. The van der Waals surface area contributed by atoms with Crippen LogP contribution in [0.25, 0.3) is 0 Å². The zero-order valence-corrected chi connectivity index (χ0v) is 15.6. The third-order valence-electron chi connectivity index (χ3n) is 5.18. The molecular formula is C20H27N2OS+. The molecule has 2 atom stereocenters. The average molecular weight is 344 g/mol. The van der Waals surface area contributed by atoms with Gasteiger partial charge in [-0.25, -0.2) is 0 Å². The van der Waals surface area contributed by atoms with Crippen LogP contribution in [0.15, 0.2) is 29.6 Å². The van der Waals surface area contributed by atoms with Crippen LogP contribution in [0.3, 0.4) is 0 Å². The van der Waals surface area contributed by atoms with Crippen molar-refractivity contribution in [3.8, 4) is 0 Å². The van der Waals surface area contributed by atoms with E-state index in [-0.39, 0.29) is 5.91 Å². The summed E-state index contributed by atoms with van der Waals surface area (Å²) in [6.07, 6.45) is 2.97. The van der Waals surface area contributed by atoms with E-state index in [1.807, 2.05) is 11.3 Å². The molecule has 1 aromatic heterocycles. The molecule has 0 radical (unpaired) electrons. The second-order valence-corrected chi connectivity index (χ2v) is 7.56. The smallest absolute Gasteiger partial charge is 0.279 e. The number of hydrogen-bond acceptors (Lipinski definition) is 2. The van der Waals surface area contributed by atoms with Gasteiger partial charge in [0.05, 0.1) is 6.54 Å². The molecule has 3 rings (SSSR count). The number of benzene rings is 1. The second-order valence-electron chi connectivity index (χ2n) is 6.56. The number of carbonyl (C=O) groups is 1. The molecule has 24 heavy (non-hydrogen) atoms. The Morgan fingerprint density at radius 2 is 1.96 bits per heavy atom. The van der Waals surface area contributed by atoms with Crippen molar-refractivity contribution in [3.63, 3.8) is 0 Å². The molecule has 0 bridgehead atoms. The summed E-state index contributed by atoms with van der Waals surface area (Å²) in [5, 5.41) is 5.39. The fourth-order valence-corrected chi connectivity index (χ4v) is 4.66. The first-order valence-electron chi connectivity index (χ1n) is 8.95. The molecule has 1 aliphatic rings. The largest absolute Gasteiger partial charge is 0.321 e. The zero-order valence-electron chi connectivity index (χ0n) is 14.8. The van der Waals surface area contributed by atoms with Crippen LogP contribution < -0.4 is 10.2 Å². The van der Waals surface area contributed by atoms with E-state index in [9.17, 15) is 4.79 Å². The maximum atomic E-state index is 12.7. The third kappa shape index (κ3) is 3.40. The zero-order chi connectivity index (χ0) is 17.1. The molecule has 2 aromatic rings. The van der Waals surface area contributed by atoms with Crippen molar-refractivity contribution in [2.45, 2.75) is 46.1 Å². The molecule has 0 spiro atoms. The van der Waals surface area contributed by atoms with Gasteiger partial charge in [-0.15, -0.1) is 11.3 Å². The predicted molar refractivity (Wildman–Crippen MR) is 101 cm³/mol.